The van der Waals surface area contributed by atoms with E-state index in [4.69, 9.17) is 15.9 Å². The van der Waals surface area contributed by atoms with Gasteiger partial charge in [0.2, 0.25) is 0 Å². The summed E-state index contributed by atoms with van der Waals surface area (Å²) >= 11 is 3.43. The van der Waals surface area contributed by atoms with Crippen molar-refractivity contribution in [2.45, 2.75) is 39.0 Å². The Bertz CT molecular complexity index is 393. The van der Waals surface area contributed by atoms with Gasteiger partial charge in [0.1, 0.15) is 11.6 Å². The van der Waals surface area contributed by atoms with Crippen molar-refractivity contribution in [2.24, 2.45) is 5.73 Å². The molecule has 0 saturated heterocycles. The number of hydrogen-bond donors (Lipinski definition) is 2. The topological polar surface area (TPSA) is 59.1 Å². The normalized spacial score (nSPS) is 10.3. The predicted molar refractivity (Wildman–Crippen MR) is 79.4 cm³/mol. The Hall–Kier alpha value is -1.03. The highest BCUT2D eigenvalue weighted by Crippen LogP contribution is 2.26. The fourth-order valence-corrected chi connectivity index (χ4v) is 2.17. The number of nitrogens with two attached hydrogens (primary N) is 1. The summed E-state index contributed by atoms with van der Waals surface area (Å²) in [7, 11) is 0. The molecule has 0 saturated carbocycles. The number of nitrogens with one attached hydrogen (secondary N) is 1. The van der Waals surface area contributed by atoms with E-state index in [1.54, 1.807) is 6.07 Å². The monoisotopic (exact) mass is 312 g/mol. The summed E-state index contributed by atoms with van der Waals surface area (Å²) in [5.41, 5.74) is 6.13. The van der Waals surface area contributed by atoms with Crippen LogP contribution in [0.25, 0.3) is 0 Å². The minimum atomic E-state index is 0.0711. The molecule has 1 aromatic carbocycles. The third-order valence-corrected chi connectivity index (χ3v) is 3.37. The van der Waals surface area contributed by atoms with Crippen LogP contribution in [0.5, 0.6) is 5.75 Å². The molecule has 0 aliphatic heterocycles. The molecular weight excluding hydrogens is 292 g/mol. The molecule has 0 aliphatic rings. The number of unbranched alkanes of at least 4 members (excludes halogenated alkanes) is 4. The Morgan fingerprint density at radius 3 is 2.61 bits per heavy atom. The number of benzene rings is 1. The zero-order chi connectivity index (χ0) is 13.4. The van der Waals surface area contributed by atoms with Crippen LogP contribution in [-0.4, -0.2) is 12.4 Å². The van der Waals surface area contributed by atoms with E-state index in [0.29, 0.717) is 5.56 Å². The van der Waals surface area contributed by atoms with E-state index in [9.17, 15) is 0 Å². The van der Waals surface area contributed by atoms with Crippen molar-refractivity contribution in [1.82, 2.24) is 0 Å². The summed E-state index contributed by atoms with van der Waals surface area (Å²) in [6, 6.07) is 5.47. The first kappa shape index (κ1) is 15.0. The quantitative estimate of drug-likeness (QED) is 0.431. The molecule has 0 aromatic heterocycles. The maximum absolute atomic E-state index is 7.35. The second-order valence-electron chi connectivity index (χ2n) is 4.32. The molecule has 0 amide bonds. The zero-order valence-corrected chi connectivity index (χ0v) is 12.4. The highest BCUT2D eigenvalue weighted by atomic mass is 79.9. The molecule has 4 heteroatoms. The van der Waals surface area contributed by atoms with Crippen LogP contribution in [0.4, 0.5) is 0 Å². The third-order valence-electron chi connectivity index (χ3n) is 2.75. The van der Waals surface area contributed by atoms with E-state index >= 15 is 0 Å². The molecule has 0 radical (unpaired) electrons. The van der Waals surface area contributed by atoms with E-state index in [2.05, 4.69) is 22.9 Å². The van der Waals surface area contributed by atoms with Crippen LogP contribution >= 0.6 is 15.9 Å². The lowest BCUT2D eigenvalue weighted by atomic mass is 10.2. The fraction of sp³-hybridized carbons (Fsp3) is 0.500. The van der Waals surface area contributed by atoms with Crippen molar-refractivity contribution in [2.75, 3.05) is 6.61 Å². The van der Waals surface area contributed by atoms with Crippen molar-refractivity contribution in [1.29, 1.82) is 5.41 Å². The summed E-state index contributed by atoms with van der Waals surface area (Å²) in [6.45, 7) is 2.95. The van der Waals surface area contributed by atoms with Crippen LogP contribution in [0.1, 0.15) is 44.6 Å². The van der Waals surface area contributed by atoms with Crippen LogP contribution in [0.2, 0.25) is 0 Å². The van der Waals surface area contributed by atoms with Crippen molar-refractivity contribution < 1.29 is 4.74 Å². The number of halogens is 1. The fourth-order valence-electron chi connectivity index (χ4n) is 1.67. The van der Waals surface area contributed by atoms with E-state index in [1.807, 2.05) is 12.1 Å². The Kier molecular flexibility index (Phi) is 6.80. The molecule has 18 heavy (non-hydrogen) atoms. The molecule has 0 spiro atoms. The van der Waals surface area contributed by atoms with Gasteiger partial charge in [-0.1, -0.05) is 32.6 Å². The lowest BCUT2D eigenvalue weighted by Crippen LogP contribution is -2.11. The van der Waals surface area contributed by atoms with E-state index < -0.39 is 0 Å². The molecule has 0 atom stereocenters. The molecule has 0 fully saturated rings. The second-order valence-corrected chi connectivity index (χ2v) is 5.18. The molecular formula is C14H21BrN2O. The average molecular weight is 313 g/mol. The number of ether oxygens (including phenoxy) is 1. The molecule has 1 rings (SSSR count). The van der Waals surface area contributed by atoms with Crippen molar-refractivity contribution in [3.05, 3.63) is 28.2 Å². The molecule has 3 nitrogen and oxygen atoms in total. The minimum Gasteiger partial charge on any atom is -0.492 e. The third kappa shape index (κ3) is 5.08. The lowest BCUT2D eigenvalue weighted by molar-refractivity contribution is 0.303. The molecule has 100 valence electrons. The lowest BCUT2D eigenvalue weighted by Gasteiger charge is -2.09. The molecule has 0 aliphatic carbocycles. The number of rotatable bonds is 8. The molecule has 0 heterocycles. The Morgan fingerprint density at radius 2 is 2.00 bits per heavy atom. The number of amidine groups is 1. The van der Waals surface area contributed by atoms with Crippen molar-refractivity contribution in [3.8, 4) is 5.75 Å². The number of nitrogen functional groups attached to an aromatic ring is 1. The Balaban J connectivity index is 2.36. The van der Waals surface area contributed by atoms with Crippen LogP contribution in [0.3, 0.4) is 0 Å². The Labute approximate surface area is 117 Å². The number of hydrogen-bond acceptors (Lipinski definition) is 2. The summed E-state index contributed by atoms with van der Waals surface area (Å²) in [5, 5.41) is 7.35. The van der Waals surface area contributed by atoms with Gasteiger partial charge in [-0.2, -0.15) is 0 Å². The first-order valence-corrected chi connectivity index (χ1v) is 7.21. The Morgan fingerprint density at radius 1 is 1.28 bits per heavy atom. The molecule has 0 unspecified atom stereocenters. The van der Waals surface area contributed by atoms with E-state index in [1.165, 1.54) is 25.7 Å². The van der Waals surface area contributed by atoms with Gasteiger partial charge in [0.05, 0.1) is 11.1 Å². The van der Waals surface area contributed by atoms with Gasteiger partial charge >= 0.3 is 0 Å². The van der Waals surface area contributed by atoms with Gasteiger partial charge in [0, 0.05) is 5.56 Å². The standard InChI is InChI=1S/C14H21BrN2O/c1-2-3-4-5-6-9-18-13-8-7-11(14(16)17)10-12(13)15/h7-8,10H,2-6,9H2,1H3,(H3,16,17). The first-order chi connectivity index (χ1) is 8.65. The van der Waals surface area contributed by atoms with Crippen LogP contribution in [-0.2, 0) is 0 Å². The van der Waals surface area contributed by atoms with Gasteiger partial charge in [0.15, 0.2) is 0 Å². The largest absolute Gasteiger partial charge is 0.492 e. The molecule has 3 N–H and O–H groups in total. The van der Waals surface area contributed by atoms with Gasteiger partial charge in [-0.25, -0.2) is 0 Å². The average Bonchev–Trinajstić information content (AvgIpc) is 2.35. The highest BCUT2D eigenvalue weighted by molar-refractivity contribution is 9.10. The molecule has 1 aromatic rings. The van der Waals surface area contributed by atoms with Crippen molar-refractivity contribution in [3.63, 3.8) is 0 Å². The summed E-state index contributed by atoms with van der Waals surface area (Å²) < 4.78 is 6.54. The summed E-state index contributed by atoms with van der Waals surface area (Å²) in [4.78, 5) is 0. The van der Waals surface area contributed by atoms with E-state index in [-0.39, 0.29) is 5.84 Å². The summed E-state index contributed by atoms with van der Waals surface area (Å²) in [5.74, 6) is 0.886. The minimum absolute atomic E-state index is 0.0711. The van der Waals surface area contributed by atoms with Crippen molar-refractivity contribution >= 4 is 21.8 Å². The smallest absolute Gasteiger partial charge is 0.133 e. The summed E-state index contributed by atoms with van der Waals surface area (Å²) in [6.07, 6.45) is 6.15. The maximum Gasteiger partial charge on any atom is 0.133 e. The van der Waals surface area contributed by atoms with Crippen LogP contribution < -0.4 is 10.5 Å². The zero-order valence-electron chi connectivity index (χ0n) is 10.8. The van der Waals surface area contributed by atoms with Crippen LogP contribution in [0.15, 0.2) is 22.7 Å². The van der Waals surface area contributed by atoms with Gasteiger partial charge < -0.3 is 10.5 Å². The first-order valence-electron chi connectivity index (χ1n) is 6.42. The SMILES string of the molecule is CCCCCCCOc1ccc(C(=N)N)cc1Br. The van der Waals surface area contributed by atoms with Gasteiger partial charge in [-0.15, -0.1) is 0 Å². The van der Waals surface area contributed by atoms with Gasteiger partial charge in [-0.05, 0) is 40.5 Å². The van der Waals surface area contributed by atoms with Crippen LogP contribution in [0, 0.1) is 5.41 Å². The van der Waals surface area contributed by atoms with E-state index in [0.717, 1.165) is 23.2 Å². The predicted octanol–water partition coefficient (Wildman–Crippen LogP) is 4.08. The second kappa shape index (κ2) is 8.14. The van der Waals surface area contributed by atoms with Gasteiger partial charge in [0.25, 0.3) is 0 Å². The molecule has 0 bridgehead atoms. The van der Waals surface area contributed by atoms with Gasteiger partial charge in [-0.3, -0.25) is 5.41 Å². The highest BCUT2D eigenvalue weighted by Gasteiger charge is 2.04. The maximum atomic E-state index is 7.35.